The van der Waals surface area contributed by atoms with Gasteiger partial charge in [0.05, 0.1) is 13.0 Å². The number of hydrogen-bond acceptors (Lipinski definition) is 2. The lowest BCUT2D eigenvalue weighted by Gasteiger charge is -2.09. The van der Waals surface area contributed by atoms with Crippen molar-refractivity contribution in [3.05, 3.63) is 29.3 Å². The fourth-order valence-corrected chi connectivity index (χ4v) is 1.20. The van der Waals surface area contributed by atoms with Gasteiger partial charge in [-0.2, -0.15) is 0 Å². The van der Waals surface area contributed by atoms with Gasteiger partial charge in [-0.1, -0.05) is 12.1 Å². The summed E-state index contributed by atoms with van der Waals surface area (Å²) < 4.78 is 0. The minimum absolute atomic E-state index is 0.114. The average molecular weight is 193 g/mol. The molecule has 1 aromatic rings. The molecule has 1 aromatic carbocycles. The monoisotopic (exact) mass is 193 g/mol. The molecule has 1 rings (SSSR count). The standard InChI is InChI=1S/C11H15NO2/c1-8-4-3-5-10(9(8)2)12-11(14)6-7-13/h3-5,13H,6-7H2,1-2H3,(H,12,14). The zero-order valence-corrected chi connectivity index (χ0v) is 8.50. The van der Waals surface area contributed by atoms with Crippen molar-refractivity contribution in [2.45, 2.75) is 20.3 Å². The molecule has 0 aliphatic rings. The van der Waals surface area contributed by atoms with Crippen molar-refractivity contribution in [3.63, 3.8) is 0 Å². The molecule has 1 amide bonds. The minimum Gasteiger partial charge on any atom is -0.396 e. The SMILES string of the molecule is Cc1cccc(NC(=O)CCO)c1C. The maximum Gasteiger partial charge on any atom is 0.226 e. The fraction of sp³-hybridized carbons (Fsp3) is 0.364. The van der Waals surface area contributed by atoms with Gasteiger partial charge < -0.3 is 10.4 Å². The molecule has 0 heterocycles. The number of benzene rings is 1. The number of aliphatic hydroxyl groups is 1. The number of anilines is 1. The smallest absolute Gasteiger partial charge is 0.226 e. The third kappa shape index (κ3) is 2.57. The molecule has 0 saturated carbocycles. The van der Waals surface area contributed by atoms with Crippen molar-refractivity contribution in [1.82, 2.24) is 0 Å². The third-order valence-electron chi connectivity index (χ3n) is 2.22. The molecular formula is C11H15NO2. The van der Waals surface area contributed by atoms with Crippen molar-refractivity contribution >= 4 is 11.6 Å². The summed E-state index contributed by atoms with van der Waals surface area (Å²) in [5.41, 5.74) is 3.04. The van der Waals surface area contributed by atoms with Crippen LogP contribution >= 0.6 is 0 Å². The first-order valence-corrected chi connectivity index (χ1v) is 4.62. The van der Waals surface area contributed by atoms with Crippen LogP contribution in [0.25, 0.3) is 0 Å². The van der Waals surface area contributed by atoms with Gasteiger partial charge in [-0.05, 0) is 31.0 Å². The van der Waals surface area contributed by atoms with E-state index < -0.39 is 0 Å². The quantitative estimate of drug-likeness (QED) is 0.766. The number of nitrogens with one attached hydrogen (secondary N) is 1. The van der Waals surface area contributed by atoms with Crippen LogP contribution in [0.15, 0.2) is 18.2 Å². The van der Waals surface area contributed by atoms with Crippen LogP contribution in [-0.2, 0) is 4.79 Å². The molecule has 0 unspecified atom stereocenters. The van der Waals surface area contributed by atoms with E-state index in [2.05, 4.69) is 5.32 Å². The molecule has 76 valence electrons. The Balaban J connectivity index is 2.76. The molecule has 0 radical (unpaired) electrons. The molecule has 0 aromatic heterocycles. The van der Waals surface area contributed by atoms with Crippen LogP contribution in [-0.4, -0.2) is 17.6 Å². The fourth-order valence-electron chi connectivity index (χ4n) is 1.20. The maximum atomic E-state index is 11.2. The average Bonchev–Trinajstić information content (AvgIpc) is 2.13. The number of carbonyl (C=O) groups excluding carboxylic acids is 1. The number of hydrogen-bond donors (Lipinski definition) is 2. The highest BCUT2D eigenvalue weighted by Gasteiger charge is 2.04. The van der Waals surface area contributed by atoms with Gasteiger partial charge in [0, 0.05) is 5.69 Å². The van der Waals surface area contributed by atoms with Gasteiger partial charge in [0.15, 0.2) is 0 Å². The van der Waals surface area contributed by atoms with Crippen molar-refractivity contribution < 1.29 is 9.90 Å². The third-order valence-corrected chi connectivity index (χ3v) is 2.22. The second-order valence-electron chi connectivity index (χ2n) is 3.27. The summed E-state index contributed by atoms with van der Waals surface area (Å²) in [5, 5.41) is 11.3. The predicted octanol–water partition coefficient (Wildman–Crippen LogP) is 1.62. The maximum absolute atomic E-state index is 11.2. The highest BCUT2D eigenvalue weighted by atomic mass is 16.3. The lowest BCUT2D eigenvalue weighted by Crippen LogP contribution is -2.13. The van der Waals surface area contributed by atoms with Crippen molar-refractivity contribution in [3.8, 4) is 0 Å². The first kappa shape index (κ1) is 10.7. The number of aliphatic hydroxyl groups excluding tert-OH is 1. The number of rotatable bonds is 3. The zero-order valence-electron chi connectivity index (χ0n) is 8.50. The predicted molar refractivity (Wildman–Crippen MR) is 56.2 cm³/mol. The summed E-state index contributed by atoms with van der Waals surface area (Å²) in [6.45, 7) is 3.84. The Morgan fingerprint density at radius 2 is 2.14 bits per heavy atom. The van der Waals surface area contributed by atoms with Crippen LogP contribution in [0.2, 0.25) is 0 Å². The second-order valence-corrected chi connectivity index (χ2v) is 3.27. The van der Waals surface area contributed by atoms with Crippen LogP contribution < -0.4 is 5.32 Å². The molecule has 0 aliphatic heterocycles. The number of aryl methyl sites for hydroxylation is 1. The minimum atomic E-state index is -0.152. The molecule has 3 heteroatoms. The van der Waals surface area contributed by atoms with Crippen molar-refractivity contribution in [1.29, 1.82) is 0 Å². The van der Waals surface area contributed by atoms with E-state index in [-0.39, 0.29) is 18.9 Å². The number of amides is 1. The zero-order chi connectivity index (χ0) is 10.6. The summed E-state index contributed by atoms with van der Waals surface area (Å²) in [5.74, 6) is -0.152. The van der Waals surface area contributed by atoms with Gasteiger partial charge in [-0.25, -0.2) is 0 Å². The van der Waals surface area contributed by atoms with E-state index in [9.17, 15) is 4.79 Å². The Morgan fingerprint density at radius 1 is 1.43 bits per heavy atom. The van der Waals surface area contributed by atoms with E-state index in [1.165, 1.54) is 0 Å². The van der Waals surface area contributed by atoms with Gasteiger partial charge in [-0.15, -0.1) is 0 Å². The molecule has 2 N–H and O–H groups in total. The van der Waals surface area contributed by atoms with Crippen LogP contribution in [0.5, 0.6) is 0 Å². The molecule has 0 spiro atoms. The van der Waals surface area contributed by atoms with Crippen molar-refractivity contribution in [2.24, 2.45) is 0 Å². The Labute approximate surface area is 83.8 Å². The molecule has 0 bridgehead atoms. The lowest BCUT2D eigenvalue weighted by atomic mass is 10.1. The summed E-state index contributed by atoms with van der Waals surface area (Å²) in [6.07, 6.45) is 0.146. The summed E-state index contributed by atoms with van der Waals surface area (Å²) >= 11 is 0. The van der Waals surface area contributed by atoms with Gasteiger partial charge in [0.2, 0.25) is 5.91 Å². The molecular weight excluding hydrogens is 178 g/mol. The van der Waals surface area contributed by atoms with E-state index in [0.29, 0.717) is 0 Å². The van der Waals surface area contributed by atoms with Gasteiger partial charge in [0.25, 0.3) is 0 Å². The molecule has 0 saturated heterocycles. The van der Waals surface area contributed by atoms with Crippen LogP contribution in [0.1, 0.15) is 17.5 Å². The normalized spacial score (nSPS) is 9.93. The summed E-state index contributed by atoms with van der Waals surface area (Å²) in [4.78, 5) is 11.2. The largest absolute Gasteiger partial charge is 0.396 e. The first-order valence-electron chi connectivity index (χ1n) is 4.62. The van der Waals surface area contributed by atoms with Gasteiger partial charge >= 0.3 is 0 Å². The highest BCUT2D eigenvalue weighted by Crippen LogP contribution is 2.17. The lowest BCUT2D eigenvalue weighted by molar-refractivity contribution is -0.116. The van der Waals surface area contributed by atoms with E-state index in [1.54, 1.807) is 0 Å². The topological polar surface area (TPSA) is 49.3 Å². The molecule has 0 atom stereocenters. The molecule has 3 nitrogen and oxygen atoms in total. The Morgan fingerprint density at radius 3 is 2.79 bits per heavy atom. The van der Waals surface area contributed by atoms with Crippen LogP contribution in [0, 0.1) is 13.8 Å². The molecule has 0 fully saturated rings. The Bertz CT molecular complexity index is 334. The highest BCUT2D eigenvalue weighted by molar-refractivity contribution is 5.91. The molecule has 0 aliphatic carbocycles. The molecule has 14 heavy (non-hydrogen) atoms. The van der Waals surface area contributed by atoms with Crippen LogP contribution in [0.3, 0.4) is 0 Å². The first-order chi connectivity index (χ1) is 6.65. The Kier molecular flexibility index (Phi) is 3.65. The summed E-state index contributed by atoms with van der Waals surface area (Å²) in [6, 6.07) is 5.76. The van der Waals surface area contributed by atoms with Crippen LogP contribution in [0.4, 0.5) is 5.69 Å². The van der Waals surface area contributed by atoms with E-state index in [1.807, 2.05) is 32.0 Å². The Hall–Kier alpha value is -1.35. The van der Waals surface area contributed by atoms with Crippen molar-refractivity contribution in [2.75, 3.05) is 11.9 Å². The van der Waals surface area contributed by atoms with E-state index >= 15 is 0 Å². The van der Waals surface area contributed by atoms with Gasteiger partial charge in [-0.3, -0.25) is 4.79 Å². The van der Waals surface area contributed by atoms with Gasteiger partial charge in [0.1, 0.15) is 0 Å². The van der Waals surface area contributed by atoms with E-state index in [0.717, 1.165) is 16.8 Å². The van der Waals surface area contributed by atoms with E-state index in [4.69, 9.17) is 5.11 Å². The summed E-state index contributed by atoms with van der Waals surface area (Å²) in [7, 11) is 0. The second kappa shape index (κ2) is 4.77. The number of carbonyl (C=O) groups is 1.